The fraction of sp³-hybridized carbons (Fsp3) is 0.429. The molecular formula is C21H25FN2O2S. The third-order valence-electron chi connectivity index (χ3n) is 5.84. The number of nitrogens with one attached hydrogen (secondary N) is 1. The summed E-state index contributed by atoms with van der Waals surface area (Å²) < 4.78 is 13.4. The van der Waals surface area contributed by atoms with Crippen LogP contribution in [0.25, 0.3) is 0 Å². The Labute approximate surface area is 163 Å². The van der Waals surface area contributed by atoms with Gasteiger partial charge in [0, 0.05) is 10.4 Å². The van der Waals surface area contributed by atoms with E-state index in [-0.39, 0.29) is 11.0 Å². The molecule has 1 aliphatic carbocycles. The first-order valence-electron chi connectivity index (χ1n) is 9.24. The van der Waals surface area contributed by atoms with E-state index in [9.17, 15) is 14.0 Å². The minimum Gasteiger partial charge on any atom is -0.365 e. The molecule has 0 spiro atoms. The van der Waals surface area contributed by atoms with Crippen LogP contribution in [-0.2, 0) is 12.8 Å². The number of carbonyl (C=O) groups is 2. The first-order chi connectivity index (χ1) is 12.7. The van der Waals surface area contributed by atoms with Crippen LogP contribution >= 0.6 is 11.3 Å². The van der Waals surface area contributed by atoms with Crippen LogP contribution in [0.3, 0.4) is 0 Å². The summed E-state index contributed by atoms with van der Waals surface area (Å²) in [7, 11) is 0. The van der Waals surface area contributed by atoms with E-state index in [0.717, 1.165) is 36.1 Å². The van der Waals surface area contributed by atoms with Crippen molar-refractivity contribution in [3.05, 3.63) is 51.7 Å². The number of hydrogen-bond acceptors (Lipinski definition) is 3. The molecule has 0 aliphatic heterocycles. The van der Waals surface area contributed by atoms with Gasteiger partial charge >= 0.3 is 0 Å². The van der Waals surface area contributed by atoms with Crippen LogP contribution in [0.4, 0.5) is 9.39 Å². The van der Waals surface area contributed by atoms with Gasteiger partial charge in [-0.3, -0.25) is 9.59 Å². The largest absolute Gasteiger partial charge is 0.365 e. The summed E-state index contributed by atoms with van der Waals surface area (Å²) in [6.45, 7) is 6.75. The van der Waals surface area contributed by atoms with Crippen molar-refractivity contribution < 1.29 is 14.0 Å². The molecule has 1 atom stereocenters. The minimum atomic E-state index is -0.532. The van der Waals surface area contributed by atoms with Gasteiger partial charge in [0.1, 0.15) is 10.8 Å². The molecule has 3 N–H and O–H groups in total. The number of benzene rings is 1. The molecule has 0 fully saturated rings. The molecule has 1 aliphatic rings. The Morgan fingerprint density at radius 1 is 1.37 bits per heavy atom. The van der Waals surface area contributed by atoms with E-state index in [4.69, 9.17) is 5.73 Å². The Hall–Kier alpha value is -2.21. The molecule has 0 saturated carbocycles. The predicted octanol–water partition coefficient (Wildman–Crippen LogP) is 4.78. The molecule has 27 heavy (non-hydrogen) atoms. The highest BCUT2D eigenvalue weighted by Crippen LogP contribution is 2.45. The Kier molecular flexibility index (Phi) is 5.38. The zero-order valence-electron chi connectivity index (χ0n) is 15.9. The van der Waals surface area contributed by atoms with Crippen molar-refractivity contribution in [1.29, 1.82) is 0 Å². The molecular weight excluding hydrogens is 363 g/mol. The smallest absolute Gasteiger partial charge is 0.256 e. The molecule has 0 bridgehead atoms. The van der Waals surface area contributed by atoms with E-state index in [0.29, 0.717) is 16.5 Å². The van der Waals surface area contributed by atoms with Gasteiger partial charge < -0.3 is 11.1 Å². The van der Waals surface area contributed by atoms with Gasteiger partial charge in [0.2, 0.25) is 0 Å². The Balaban J connectivity index is 1.91. The summed E-state index contributed by atoms with van der Waals surface area (Å²) >= 11 is 1.42. The number of rotatable bonds is 5. The number of amides is 2. The standard InChI is InChI=1S/C21H25FN2O2S/c1-4-21(2,3)13-8-9-15-16(11-13)27-20(17(15)18(23)25)24-19(26)12-6-5-7-14(22)10-12/h5-7,10,13H,4,8-9,11H2,1-3H3,(H2,23,25)(H,24,26). The molecule has 2 aromatic rings. The SMILES string of the molecule is CCC(C)(C)C1CCc2c(sc(NC(=O)c3cccc(F)c3)c2C(N)=O)C1. The normalized spacial score (nSPS) is 16.7. The lowest BCUT2D eigenvalue weighted by atomic mass is 9.69. The molecule has 2 amide bonds. The second-order valence-electron chi connectivity index (χ2n) is 7.82. The lowest BCUT2D eigenvalue weighted by molar-refractivity contribution is 0.0999. The zero-order chi connectivity index (χ0) is 19.8. The van der Waals surface area contributed by atoms with Crippen molar-refractivity contribution in [3.8, 4) is 0 Å². The molecule has 3 rings (SSSR count). The molecule has 1 aromatic carbocycles. The lowest BCUT2D eigenvalue weighted by Crippen LogP contribution is -2.29. The van der Waals surface area contributed by atoms with E-state index < -0.39 is 17.6 Å². The molecule has 6 heteroatoms. The van der Waals surface area contributed by atoms with Gasteiger partial charge in [-0.25, -0.2) is 4.39 Å². The number of carbonyl (C=O) groups excluding carboxylic acids is 2. The first-order valence-corrected chi connectivity index (χ1v) is 10.1. The maximum Gasteiger partial charge on any atom is 0.256 e. The van der Waals surface area contributed by atoms with Gasteiger partial charge in [-0.15, -0.1) is 11.3 Å². The van der Waals surface area contributed by atoms with E-state index in [1.807, 2.05) is 0 Å². The molecule has 1 aromatic heterocycles. The Bertz CT molecular complexity index is 888. The fourth-order valence-corrected chi connectivity index (χ4v) is 5.02. The number of halogens is 1. The highest BCUT2D eigenvalue weighted by molar-refractivity contribution is 7.17. The number of anilines is 1. The summed E-state index contributed by atoms with van der Waals surface area (Å²) in [6, 6.07) is 5.48. The summed E-state index contributed by atoms with van der Waals surface area (Å²) in [5, 5.41) is 3.24. The van der Waals surface area contributed by atoms with Crippen LogP contribution in [0.2, 0.25) is 0 Å². The first kappa shape index (κ1) is 19.5. The van der Waals surface area contributed by atoms with Gasteiger partial charge in [-0.1, -0.05) is 33.3 Å². The molecule has 0 saturated heterocycles. The second kappa shape index (κ2) is 7.43. The molecule has 1 unspecified atom stereocenters. The van der Waals surface area contributed by atoms with Crippen molar-refractivity contribution in [2.24, 2.45) is 17.1 Å². The average molecular weight is 389 g/mol. The van der Waals surface area contributed by atoms with E-state index >= 15 is 0 Å². The van der Waals surface area contributed by atoms with Crippen LogP contribution in [0, 0.1) is 17.2 Å². The van der Waals surface area contributed by atoms with Crippen LogP contribution in [0.5, 0.6) is 0 Å². The van der Waals surface area contributed by atoms with Crippen molar-refractivity contribution in [2.45, 2.75) is 46.5 Å². The second-order valence-corrected chi connectivity index (χ2v) is 8.92. The molecule has 1 heterocycles. The minimum absolute atomic E-state index is 0.210. The number of fused-ring (bicyclic) bond motifs is 1. The monoisotopic (exact) mass is 388 g/mol. The number of hydrogen-bond donors (Lipinski definition) is 2. The summed E-state index contributed by atoms with van der Waals surface area (Å²) in [6.07, 6.45) is 3.76. The Morgan fingerprint density at radius 2 is 2.11 bits per heavy atom. The topological polar surface area (TPSA) is 72.2 Å². The van der Waals surface area contributed by atoms with Crippen molar-refractivity contribution >= 4 is 28.2 Å². The summed E-state index contributed by atoms with van der Waals surface area (Å²) in [5.41, 5.74) is 7.43. The van der Waals surface area contributed by atoms with Crippen molar-refractivity contribution in [2.75, 3.05) is 5.32 Å². The third kappa shape index (κ3) is 3.90. The van der Waals surface area contributed by atoms with Crippen molar-refractivity contribution in [3.63, 3.8) is 0 Å². The highest BCUT2D eigenvalue weighted by Gasteiger charge is 2.35. The molecule has 144 valence electrons. The van der Waals surface area contributed by atoms with Gasteiger partial charge in [0.05, 0.1) is 5.56 Å². The lowest BCUT2D eigenvalue weighted by Gasteiger charge is -2.36. The number of thiophene rings is 1. The Morgan fingerprint density at radius 3 is 2.74 bits per heavy atom. The highest BCUT2D eigenvalue weighted by atomic mass is 32.1. The predicted molar refractivity (Wildman–Crippen MR) is 107 cm³/mol. The quantitative estimate of drug-likeness (QED) is 0.774. The molecule has 0 radical (unpaired) electrons. The van der Waals surface area contributed by atoms with Gasteiger partial charge in [-0.2, -0.15) is 0 Å². The van der Waals surface area contributed by atoms with Crippen LogP contribution < -0.4 is 11.1 Å². The fourth-order valence-electron chi connectivity index (χ4n) is 3.70. The van der Waals surface area contributed by atoms with E-state index in [2.05, 4.69) is 26.1 Å². The third-order valence-corrected chi connectivity index (χ3v) is 7.01. The molecule has 4 nitrogen and oxygen atoms in total. The van der Waals surface area contributed by atoms with Gasteiger partial charge in [-0.05, 0) is 54.4 Å². The van der Waals surface area contributed by atoms with Crippen LogP contribution in [-0.4, -0.2) is 11.8 Å². The average Bonchev–Trinajstić information content (AvgIpc) is 2.98. The summed E-state index contributed by atoms with van der Waals surface area (Å²) in [5.74, 6) is -0.926. The summed E-state index contributed by atoms with van der Waals surface area (Å²) in [4.78, 5) is 25.7. The zero-order valence-corrected chi connectivity index (χ0v) is 16.7. The van der Waals surface area contributed by atoms with E-state index in [1.165, 1.54) is 35.6 Å². The van der Waals surface area contributed by atoms with Crippen LogP contribution in [0.15, 0.2) is 24.3 Å². The van der Waals surface area contributed by atoms with Gasteiger partial charge in [0.25, 0.3) is 11.8 Å². The van der Waals surface area contributed by atoms with Crippen molar-refractivity contribution in [1.82, 2.24) is 0 Å². The number of primary amides is 1. The maximum atomic E-state index is 13.4. The van der Waals surface area contributed by atoms with Crippen LogP contribution in [0.1, 0.15) is 64.8 Å². The van der Waals surface area contributed by atoms with E-state index in [1.54, 1.807) is 0 Å². The number of nitrogens with two attached hydrogens (primary N) is 1. The maximum absolute atomic E-state index is 13.4. The van der Waals surface area contributed by atoms with Gasteiger partial charge in [0.15, 0.2) is 0 Å².